The molecule has 0 spiro atoms. The maximum Gasteiger partial charge on any atom is 0.514 e. The number of ether oxygens (including phenoxy) is 1. The molecule has 1 aliphatic heterocycles. The molecule has 1 aromatic heterocycles. The zero-order valence-electron chi connectivity index (χ0n) is 14.0. The molecule has 1 saturated heterocycles. The highest BCUT2D eigenvalue weighted by Gasteiger charge is 2.52. The molecule has 0 aliphatic carbocycles. The van der Waals surface area contributed by atoms with E-state index in [1.165, 1.54) is 6.04 Å². The van der Waals surface area contributed by atoms with Crippen LogP contribution in [0, 0.1) is 0 Å². The van der Waals surface area contributed by atoms with Crippen LogP contribution in [-0.4, -0.2) is 43.5 Å². The third-order valence-corrected chi connectivity index (χ3v) is 5.69. The van der Waals surface area contributed by atoms with Gasteiger partial charge in [0.1, 0.15) is 6.73 Å². The standard InChI is InChI=1S/C14H27BN2O3Si/c1-13(2)14(3,4)20-15(19-13)12-7-8-16-17(12)11-18-9-10-21(5)6/h7-8,21H,9-11H2,1-6H3. The Morgan fingerprint density at radius 1 is 1.24 bits per heavy atom. The van der Waals surface area contributed by atoms with Crippen LogP contribution in [0.1, 0.15) is 27.7 Å². The molecule has 0 unspecified atom stereocenters. The summed E-state index contributed by atoms with van der Waals surface area (Å²) in [5, 5.41) is 4.32. The van der Waals surface area contributed by atoms with E-state index in [-0.39, 0.29) is 18.3 Å². The Hall–Kier alpha value is -0.628. The van der Waals surface area contributed by atoms with Crippen LogP contribution >= 0.6 is 0 Å². The summed E-state index contributed by atoms with van der Waals surface area (Å²) in [7, 11) is -0.943. The van der Waals surface area contributed by atoms with Gasteiger partial charge in [0.25, 0.3) is 0 Å². The first-order valence-corrected chi connectivity index (χ1v) is 10.8. The average molecular weight is 310 g/mol. The molecule has 118 valence electrons. The van der Waals surface area contributed by atoms with Crippen LogP contribution in [0.15, 0.2) is 12.3 Å². The molecule has 0 bridgehead atoms. The van der Waals surface area contributed by atoms with E-state index in [0.29, 0.717) is 6.73 Å². The molecule has 0 radical (unpaired) electrons. The quantitative estimate of drug-likeness (QED) is 0.592. The summed E-state index contributed by atoms with van der Waals surface area (Å²) in [6, 6.07) is 3.12. The minimum Gasteiger partial charge on any atom is -0.398 e. The Balaban J connectivity index is 1.98. The van der Waals surface area contributed by atoms with Crippen molar-refractivity contribution in [2.45, 2.75) is 64.8 Å². The van der Waals surface area contributed by atoms with Crippen molar-refractivity contribution in [2.24, 2.45) is 0 Å². The van der Waals surface area contributed by atoms with E-state index in [1.54, 1.807) is 6.20 Å². The lowest BCUT2D eigenvalue weighted by molar-refractivity contribution is 0.00578. The van der Waals surface area contributed by atoms with Crippen LogP contribution in [-0.2, 0) is 20.8 Å². The van der Waals surface area contributed by atoms with Gasteiger partial charge in [0.05, 0.1) is 16.8 Å². The molecular weight excluding hydrogens is 283 g/mol. The second-order valence-corrected chi connectivity index (χ2v) is 10.4. The van der Waals surface area contributed by atoms with Gasteiger partial charge < -0.3 is 14.0 Å². The molecule has 7 heteroatoms. The summed E-state index contributed by atoms with van der Waals surface area (Å²) >= 11 is 0. The van der Waals surface area contributed by atoms with Gasteiger partial charge in [0.15, 0.2) is 0 Å². The lowest BCUT2D eigenvalue weighted by atomic mass is 9.85. The summed E-state index contributed by atoms with van der Waals surface area (Å²) in [5.74, 6) is 0. The highest BCUT2D eigenvalue weighted by molar-refractivity contribution is 6.61. The minimum absolute atomic E-state index is 0.336. The fourth-order valence-corrected chi connectivity index (χ4v) is 2.72. The monoisotopic (exact) mass is 310 g/mol. The van der Waals surface area contributed by atoms with Crippen LogP contribution in [0.5, 0.6) is 0 Å². The highest BCUT2D eigenvalue weighted by atomic mass is 28.3. The summed E-state index contributed by atoms with van der Waals surface area (Å²) in [6.45, 7) is 14.1. The SMILES string of the molecule is C[SiH](C)CCOCn1nccc1B1OC(C)(C)C(C)(C)O1. The van der Waals surface area contributed by atoms with Crippen molar-refractivity contribution in [3.8, 4) is 0 Å². The van der Waals surface area contributed by atoms with Gasteiger partial charge in [-0.1, -0.05) is 13.1 Å². The number of aromatic nitrogens is 2. The minimum atomic E-state index is -0.555. The van der Waals surface area contributed by atoms with E-state index in [0.717, 1.165) is 12.2 Å². The van der Waals surface area contributed by atoms with E-state index in [2.05, 4.69) is 45.9 Å². The lowest BCUT2D eigenvalue weighted by Gasteiger charge is -2.32. The first kappa shape index (κ1) is 16.7. The molecule has 0 N–H and O–H groups in total. The van der Waals surface area contributed by atoms with Gasteiger partial charge >= 0.3 is 7.12 Å². The van der Waals surface area contributed by atoms with Crippen molar-refractivity contribution >= 4 is 21.5 Å². The van der Waals surface area contributed by atoms with Crippen LogP contribution in [0.2, 0.25) is 19.1 Å². The van der Waals surface area contributed by atoms with Gasteiger partial charge in [0, 0.05) is 21.6 Å². The predicted molar refractivity (Wildman–Crippen MR) is 87.6 cm³/mol. The summed E-state index contributed by atoms with van der Waals surface area (Å²) in [6.07, 6.45) is 1.76. The fourth-order valence-electron chi connectivity index (χ4n) is 2.08. The third-order valence-electron chi connectivity index (χ3n) is 4.30. The Kier molecular flexibility index (Phi) is 4.97. The largest absolute Gasteiger partial charge is 0.514 e. The molecule has 2 rings (SSSR count). The summed E-state index contributed by atoms with van der Waals surface area (Å²) in [4.78, 5) is 0. The zero-order valence-corrected chi connectivity index (χ0v) is 15.2. The molecule has 0 amide bonds. The topological polar surface area (TPSA) is 45.5 Å². The van der Waals surface area contributed by atoms with Crippen LogP contribution < -0.4 is 5.59 Å². The second-order valence-electron chi connectivity index (χ2n) is 7.06. The highest BCUT2D eigenvalue weighted by Crippen LogP contribution is 2.36. The van der Waals surface area contributed by atoms with Gasteiger partial charge in [-0.25, -0.2) is 4.68 Å². The second kappa shape index (κ2) is 6.24. The first-order chi connectivity index (χ1) is 9.73. The van der Waals surface area contributed by atoms with E-state index in [1.807, 2.05) is 10.7 Å². The molecule has 2 heterocycles. The van der Waals surface area contributed by atoms with Crippen LogP contribution in [0.4, 0.5) is 0 Å². The van der Waals surface area contributed by atoms with Gasteiger partial charge in [-0.2, -0.15) is 5.10 Å². The number of hydrogen-bond acceptors (Lipinski definition) is 4. The van der Waals surface area contributed by atoms with Gasteiger partial charge in [-0.3, -0.25) is 0 Å². The van der Waals surface area contributed by atoms with E-state index >= 15 is 0 Å². The molecule has 5 nitrogen and oxygen atoms in total. The Labute approximate surface area is 129 Å². The van der Waals surface area contributed by atoms with Crippen molar-refractivity contribution in [1.29, 1.82) is 0 Å². The molecule has 1 fully saturated rings. The van der Waals surface area contributed by atoms with Crippen LogP contribution in [0.3, 0.4) is 0 Å². The molecule has 0 aromatic carbocycles. The smallest absolute Gasteiger partial charge is 0.398 e. The van der Waals surface area contributed by atoms with Crippen molar-refractivity contribution in [1.82, 2.24) is 9.78 Å². The Morgan fingerprint density at radius 3 is 2.43 bits per heavy atom. The Morgan fingerprint density at radius 2 is 1.86 bits per heavy atom. The maximum absolute atomic E-state index is 6.06. The molecule has 0 atom stereocenters. The van der Waals surface area contributed by atoms with Gasteiger partial charge in [-0.15, -0.1) is 0 Å². The van der Waals surface area contributed by atoms with Crippen molar-refractivity contribution in [2.75, 3.05) is 6.61 Å². The number of nitrogens with zero attached hydrogens (tertiary/aromatic N) is 2. The lowest BCUT2D eigenvalue weighted by Crippen LogP contribution is -2.41. The Bertz CT molecular complexity index is 461. The summed E-state index contributed by atoms with van der Waals surface area (Å²) < 4.78 is 19.7. The molecule has 1 aromatic rings. The summed E-state index contributed by atoms with van der Waals surface area (Å²) in [5.41, 5.74) is 0.240. The zero-order chi connectivity index (χ0) is 15.7. The van der Waals surface area contributed by atoms with Crippen molar-refractivity contribution < 1.29 is 14.0 Å². The van der Waals surface area contributed by atoms with Gasteiger partial charge in [0.2, 0.25) is 0 Å². The van der Waals surface area contributed by atoms with E-state index < -0.39 is 8.80 Å². The number of hydrogen-bond donors (Lipinski definition) is 0. The molecule has 1 aliphatic rings. The van der Waals surface area contributed by atoms with Crippen molar-refractivity contribution in [3.05, 3.63) is 12.3 Å². The molecule has 0 saturated carbocycles. The molecular formula is C14H27BN2O3Si. The number of rotatable bonds is 6. The van der Waals surface area contributed by atoms with Crippen LogP contribution in [0.25, 0.3) is 0 Å². The first-order valence-electron chi connectivity index (χ1n) is 7.68. The fraction of sp³-hybridized carbons (Fsp3) is 0.786. The van der Waals surface area contributed by atoms with Crippen molar-refractivity contribution in [3.63, 3.8) is 0 Å². The molecule has 21 heavy (non-hydrogen) atoms. The van der Waals surface area contributed by atoms with Gasteiger partial charge in [-0.05, 0) is 39.8 Å². The van der Waals surface area contributed by atoms with E-state index in [4.69, 9.17) is 14.0 Å². The van der Waals surface area contributed by atoms with E-state index in [9.17, 15) is 0 Å². The maximum atomic E-state index is 6.06. The normalized spacial score (nSPS) is 20.4. The third kappa shape index (κ3) is 3.77. The predicted octanol–water partition coefficient (Wildman–Crippen LogP) is 1.64. The average Bonchev–Trinajstić information content (AvgIpc) is 2.88.